The molecular weight excluding hydrogens is 410 g/mol. The number of hydrogen-bond donors (Lipinski definition) is 2. The van der Waals surface area contributed by atoms with Crippen molar-refractivity contribution >= 4 is 17.6 Å². The Morgan fingerprint density at radius 2 is 1.71 bits per heavy atom. The maximum absolute atomic E-state index is 10.4. The van der Waals surface area contributed by atoms with Crippen LogP contribution >= 0.6 is 11.3 Å². The van der Waals surface area contributed by atoms with E-state index in [9.17, 15) is 10.2 Å². The van der Waals surface area contributed by atoms with Crippen molar-refractivity contribution in [1.29, 1.82) is 0 Å². The van der Waals surface area contributed by atoms with E-state index < -0.39 is 0 Å². The Kier molecular flexibility index (Phi) is 5.86. The van der Waals surface area contributed by atoms with Crippen LogP contribution in [0.15, 0.2) is 82.3 Å². The normalized spacial score (nSPS) is 11.9. The van der Waals surface area contributed by atoms with Gasteiger partial charge in [-0.15, -0.1) is 16.4 Å². The first-order valence-electron chi connectivity index (χ1n) is 9.56. The van der Waals surface area contributed by atoms with E-state index in [2.05, 4.69) is 10.2 Å². The molecule has 156 valence electrons. The molecule has 4 rings (SSSR count). The van der Waals surface area contributed by atoms with Crippen LogP contribution in [0.3, 0.4) is 0 Å². The lowest BCUT2D eigenvalue weighted by Gasteiger charge is -2.11. The van der Waals surface area contributed by atoms with Gasteiger partial charge in [0.1, 0.15) is 17.2 Å². The van der Waals surface area contributed by atoms with Crippen molar-refractivity contribution in [3.8, 4) is 34.2 Å². The Morgan fingerprint density at radius 3 is 2.42 bits per heavy atom. The van der Waals surface area contributed by atoms with E-state index in [4.69, 9.17) is 4.74 Å². The van der Waals surface area contributed by atoms with Crippen LogP contribution < -0.4 is 9.54 Å². The molecule has 1 aromatic heterocycles. The van der Waals surface area contributed by atoms with E-state index in [0.717, 1.165) is 22.6 Å². The number of thiazole rings is 1. The summed E-state index contributed by atoms with van der Waals surface area (Å²) in [5, 5.41) is 30.9. The summed E-state index contributed by atoms with van der Waals surface area (Å²) in [5.41, 5.74) is 4.13. The lowest BCUT2D eigenvalue weighted by Crippen LogP contribution is -2.13. The molecule has 0 bridgehead atoms. The van der Waals surface area contributed by atoms with E-state index in [1.54, 1.807) is 13.3 Å². The molecule has 0 saturated heterocycles. The Bertz CT molecular complexity index is 1290. The van der Waals surface area contributed by atoms with Crippen LogP contribution in [0.25, 0.3) is 16.9 Å². The minimum atomic E-state index is 0.0738. The molecule has 0 aliphatic heterocycles. The Labute approximate surface area is 183 Å². The van der Waals surface area contributed by atoms with Gasteiger partial charge in [-0.25, -0.2) is 0 Å². The average molecular weight is 432 g/mol. The largest absolute Gasteiger partial charge is 0.508 e. The van der Waals surface area contributed by atoms with Crippen LogP contribution in [0, 0.1) is 6.92 Å². The molecule has 0 unspecified atom stereocenters. The zero-order valence-electron chi connectivity index (χ0n) is 17.1. The zero-order chi connectivity index (χ0) is 21.8. The number of phenolic OH excluding ortho intramolecular Hbond substituents is 2. The highest BCUT2D eigenvalue weighted by molar-refractivity contribution is 7.07. The molecule has 0 atom stereocenters. The number of methoxy groups -OCH3 is 1. The van der Waals surface area contributed by atoms with Crippen molar-refractivity contribution in [3.63, 3.8) is 0 Å². The average Bonchev–Trinajstić information content (AvgIpc) is 3.20. The van der Waals surface area contributed by atoms with Crippen LogP contribution in [0.2, 0.25) is 0 Å². The van der Waals surface area contributed by atoms with Crippen molar-refractivity contribution < 1.29 is 14.9 Å². The molecular formula is C24H21N3O3S. The summed E-state index contributed by atoms with van der Waals surface area (Å²) in [6.45, 7) is 2.02. The molecule has 0 spiro atoms. The number of aromatic hydroxyl groups is 2. The van der Waals surface area contributed by atoms with Crippen LogP contribution in [-0.4, -0.2) is 28.1 Å². The van der Waals surface area contributed by atoms with Gasteiger partial charge in [0, 0.05) is 16.6 Å². The number of aryl methyl sites for hydroxylation is 1. The third kappa shape index (κ3) is 4.51. The van der Waals surface area contributed by atoms with Gasteiger partial charge in [0.25, 0.3) is 0 Å². The van der Waals surface area contributed by atoms with Crippen molar-refractivity contribution in [2.24, 2.45) is 10.2 Å². The summed E-state index contributed by atoms with van der Waals surface area (Å²) >= 11 is 1.40. The quantitative estimate of drug-likeness (QED) is 0.269. The molecule has 0 aliphatic carbocycles. The van der Waals surface area contributed by atoms with Crippen molar-refractivity contribution in [3.05, 3.63) is 88.0 Å². The number of benzene rings is 3. The number of rotatable bonds is 5. The second-order valence-corrected chi connectivity index (χ2v) is 7.73. The summed E-state index contributed by atoms with van der Waals surface area (Å²) in [6.07, 6.45) is 1.67. The van der Waals surface area contributed by atoms with Gasteiger partial charge in [-0.05, 0) is 67.1 Å². The van der Waals surface area contributed by atoms with Crippen LogP contribution in [0.4, 0.5) is 0 Å². The molecule has 1 heterocycles. The van der Waals surface area contributed by atoms with E-state index >= 15 is 0 Å². The second kappa shape index (κ2) is 8.89. The smallest absolute Gasteiger partial charge is 0.215 e. The lowest BCUT2D eigenvalue weighted by atomic mass is 10.1. The van der Waals surface area contributed by atoms with Crippen LogP contribution in [0.5, 0.6) is 17.2 Å². The van der Waals surface area contributed by atoms with E-state index in [1.807, 2.05) is 65.4 Å². The van der Waals surface area contributed by atoms with E-state index in [-0.39, 0.29) is 11.5 Å². The van der Waals surface area contributed by atoms with Gasteiger partial charge in [0.15, 0.2) is 0 Å². The Balaban J connectivity index is 1.81. The molecule has 4 aromatic rings. The minimum Gasteiger partial charge on any atom is -0.508 e. The SMILES string of the molecule is COc1ccc(/C=N/N=c2\scc(-c3cc(O)ccc3O)n2-c2ccc(C)cc2)cc1. The standard InChI is InChI=1S/C24H21N3O3S/c1-16-3-7-18(8-4-16)27-22(21-13-19(28)9-12-23(21)29)15-31-24(27)26-25-14-17-5-10-20(30-2)11-6-17/h3-15,28-29H,1-2H3/b25-14+,26-24-. The first kappa shape index (κ1) is 20.4. The van der Waals surface area contributed by atoms with Gasteiger partial charge in [-0.1, -0.05) is 17.7 Å². The van der Waals surface area contributed by atoms with Crippen molar-refractivity contribution in [2.45, 2.75) is 6.92 Å². The molecule has 7 heteroatoms. The predicted octanol–water partition coefficient (Wildman–Crippen LogP) is 4.87. The highest BCUT2D eigenvalue weighted by Gasteiger charge is 2.14. The number of ether oxygens (including phenoxy) is 1. The fourth-order valence-corrected chi connectivity index (χ4v) is 3.93. The molecule has 0 amide bonds. The van der Waals surface area contributed by atoms with Gasteiger partial charge < -0.3 is 14.9 Å². The number of hydrogen-bond acceptors (Lipinski definition) is 6. The van der Waals surface area contributed by atoms with Gasteiger partial charge in [-0.2, -0.15) is 5.10 Å². The molecule has 6 nitrogen and oxygen atoms in total. The first-order valence-corrected chi connectivity index (χ1v) is 10.4. The third-order valence-corrected chi connectivity index (χ3v) is 5.54. The summed E-state index contributed by atoms with van der Waals surface area (Å²) in [5.74, 6) is 0.926. The molecule has 3 aromatic carbocycles. The van der Waals surface area contributed by atoms with Gasteiger partial charge in [0.05, 0.1) is 19.0 Å². The predicted molar refractivity (Wildman–Crippen MR) is 123 cm³/mol. The maximum atomic E-state index is 10.4. The highest BCUT2D eigenvalue weighted by Crippen LogP contribution is 2.33. The minimum absolute atomic E-state index is 0.0738. The lowest BCUT2D eigenvalue weighted by molar-refractivity contribution is 0.415. The number of aromatic nitrogens is 1. The topological polar surface area (TPSA) is 79.3 Å². The van der Waals surface area contributed by atoms with Crippen LogP contribution in [-0.2, 0) is 0 Å². The number of phenols is 2. The molecule has 0 saturated carbocycles. The fourth-order valence-electron chi connectivity index (χ4n) is 3.08. The van der Waals surface area contributed by atoms with Crippen LogP contribution in [0.1, 0.15) is 11.1 Å². The molecule has 0 aliphatic rings. The molecule has 2 N–H and O–H groups in total. The molecule has 31 heavy (non-hydrogen) atoms. The molecule has 0 radical (unpaired) electrons. The second-order valence-electron chi connectivity index (χ2n) is 6.89. The Morgan fingerprint density at radius 1 is 0.968 bits per heavy atom. The highest BCUT2D eigenvalue weighted by atomic mass is 32.1. The number of nitrogens with zero attached hydrogens (tertiary/aromatic N) is 3. The van der Waals surface area contributed by atoms with Crippen molar-refractivity contribution in [2.75, 3.05) is 7.11 Å². The fraction of sp³-hybridized carbons (Fsp3) is 0.0833. The first-order chi connectivity index (χ1) is 15.0. The maximum Gasteiger partial charge on any atom is 0.215 e. The molecule has 0 fully saturated rings. The summed E-state index contributed by atoms with van der Waals surface area (Å²) < 4.78 is 7.08. The summed E-state index contributed by atoms with van der Waals surface area (Å²) in [6, 6.07) is 20.0. The van der Waals surface area contributed by atoms with Crippen molar-refractivity contribution in [1.82, 2.24) is 4.57 Å². The third-order valence-electron chi connectivity index (χ3n) is 4.72. The van der Waals surface area contributed by atoms with E-state index in [0.29, 0.717) is 16.1 Å². The zero-order valence-corrected chi connectivity index (χ0v) is 17.9. The van der Waals surface area contributed by atoms with Gasteiger partial charge in [0.2, 0.25) is 4.80 Å². The van der Waals surface area contributed by atoms with Gasteiger partial charge >= 0.3 is 0 Å². The summed E-state index contributed by atoms with van der Waals surface area (Å²) in [4.78, 5) is 0.631. The summed E-state index contributed by atoms with van der Waals surface area (Å²) in [7, 11) is 1.63. The Hall–Kier alpha value is -3.84. The van der Waals surface area contributed by atoms with E-state index in [1.165, 1.54) is 29.5 Å². The van der Waals surface area contributed by atoms with Gasteiger partial charge in [-0.3, -0.25) is 4.57 Å². The monoisotopic (exact) mass is 431 g/mol.